The van der Waals surface area contributed by atoms with Crippen molar-refractivity contribution in [1.82, 2.24) is 10.9 Å². The summed E-state index contributed by atoms with van der Waals surface area (Å²) in [5.41, 5.74) is 6.60. The van der Waals surface area contributed by atoms with Crippen molar-refractivity contribution in [1.29, 1.82) is 0 Å². The summed E-state index contributed by atoms with van der Waals surface area (Å²) in [4.78, 5) is 25.1. The topological polar surface area (TPSA) is 76.7 Å². The molecule has 0 aliphatic heterocycles. The minimum atomic E-state index is -0.491. The molecule has 30 heavy (non-hydrogen) atoms. The first-order valence-corrected chi connectivity index (χ1v) is 10.1. The zero-order chi connectivity index (χ0) is 21.3. The summed E-state index contributed by atoms with van der Waals surface area (Å²) in [7, 11) is 1.48. The monoisotopic (exact) mass is 468 g/mol. The van der Waals surface area contributed by atoms with E-state index in [4.69, 9.17) is 9.47 Å². The van der Waals surface area contributed by atoms with E-state index in [9.17, 15) is 9.59 Å². The van der Waals surface area contributed by atoms with Gasteiger partial charge in [0.05, 0.1) is 24.8 Å². The Balaban J connectivity index is 1.64. The molecular formula is C23H21BrN2O4. The number of carbonyl (C=O) groups is 2. The molecule has 154 valence electrons. The lowest BCUT2D eigenvalue weighted by molar-refractivity contribution is 0.0842. The fourth-order valence-electron chi connectivity index (χ4n) is 2.81. The summed E-state index contributed by atoms with van der Waals surface area (Å²) < 4.78 is 11.7. The Morgan fingerprint density at radius 3 is 2.23 bits per heavy atom. The maximum atomic E-state index is 12.7. The third-order valence-electron chi connectivity index (χ3n) is 4.32. The molecule has 2 amide bonds. The number of benzene rings is 3. The first-order valence-electron chi connectivity index (χ1n) is 9.28. The van der Waals surface area contributed by atoms with Crippen LogP contribution in [0.3, 0.4) is 0 Å². The SMILES string of the molecule is COc1ccccc1C(=O)NNC(=O)c1cc(Br)ccc1OCCc1ccccc1. The number of methoxy groups -OCH3 is 1. The van der Waals surface area contributed by atoms with E-state index in [2.05, 4.69) is 26.8 Å². The number of nitrogens with one attached hydrogen (secondary N) is 2. The Morgan fingerprint density at radius 1 is 0.833 bits per heavy atom. The quantitative estimate of drug-likeness (QED) is 0.510. The molecule has 3 aromatic rings. The maximum Gasteiger partial charge on any atom is 0.273 e. The van der Waals surface area contributed by atoms with Gasteiger partial charge in [-0.3, -0.25) is 20.4 Å². The molecule has 0 radical (unpaired) electrons. The van der Waals surface area contributed by atoms with Crippen molar-refractivity contribution in [3.8, 4) is 11.5 Å². The van der Waals surface area contributed by atoms with Crippen LogP contribution in [0.5, 0.6) is 11.5 Å². The number of ether oxygens (including phenoxy) is 2. The van der Waals surface area contributed by atoms with E-state index >= 15 is 0 Å². The van der Waals surface area contributed by atoms with E-state index in [1.165, 1.54) is 7.11 Å². The molecule has 3 rings (SSSR count). The highest BCUT2D eigenvalue weighted by atomic mass is 79.9. The van der Waals surface area contributed by atoms with Gasteiger partial charge in [0, 0.05) is 10.9 Å². The molecule has 0 bridgehead atoms. The number of amides is 2. The molecule has 3 aromatic carbocycles. The van der Waals surface area contributed by atoms with Crippen LogP contribution in [-0.2, 0) is 6.42 Å². The Bertz CT molecular complexity index is 1020. The van der Waals surface area contributed by atoms with E-state index < -0.39 is 11.8 Å². The highest BCUT2D eigenvalue weighted by Gasteiger charge is 2.16. The van der Waals surface area contributed by atoms with E-state index in [0.717, 1.165) is 10.0 Å². The van der Waals surface area contributed by atoms with Crippen LogP contribution in [0.1, 0.15) is 26.3 Å². The Kier molecular flexibility index (Phi) is 7.45. The van der Waals surface area contributed by atoms with Gasteiger partial charge in [-0.05, 0) is 35.9 Å². The van der Waals surface area contributed by atoms with Crippen LogP contribution in [0.15, 0.2) is 77.3 Å². The molecule has 0 heterocycles. The summed E-state index contributed by atoms with van der Waals surface area (Å²) in [5, 5.41) is 0. The predicted octanol–water partition coefficient (Wildman–Crippen LogP) is 4.15. The molecule has 0 aliphatic carbocycles. The molecule has 0 aliphatic rings. The number of halogens is 1. The summed E-state index contributed by atoms with van der Waals surface area (Å²) >= 11 is 3.37. The van der Waals surface area contributed by atoms with Gasteiger partial charge in [0.1, 0.15) is 11.5 Å². The second kappa shape index (κ2) is 10.5. The third-order valence-corrected chi connectivity index (χ3v) is 4.81. The highest BCUT2D eigenvalue weighted by Crippen LogP contribution is 2.23. The summed E-state index contributed by atoms with van der Waals surface area (Å²) in [6.45, 7) is 0.416. The molecule has 2 N–H and O–H groups in total. The lowest BCUT2D eigenvalue weighted by Crippen LogP contribution is -2.41. The first-order chi connectivity index (χ1) is 14.6. The molecule has 0 spiro atoms. The Hall–Kier alpha value is -3.32. The van der Waals surface area contributed by atoms with Crippen LogP contribution in [0.4, 0.5) is 0 Å². The molecule has 0 aromatic heterocycles. The Morgan fingerprint density at radius 2 is 1.50 bits per heavy atom. The van der Waals surface area contributed by atoms with Gasteiger partial charge in [0.15, 0.2) is 0 Å². The average molecular weight is 469 g/mol. The molecule has 0 atom stereocenters. The minimum absolute atomic E-state index is 0.303. The first kappa shape index (κ1) is 21.4. The van der Waals surface area contributed by atoms with E-state index in [1.807, 2.05) is 30.3 Å². The van der Waals surface area contributed by atoms with Crippen LogP contribution in [0.2, 0.25) is 0 Å². The second-order valence-electron chi connectivity index (χ2n) is 6.33. The van der Waals surface area contributed by atoms with Gasteiger partial charge in [-0.2, -0.15) is 0 Å². The summed E-state index contributed by atoms with van der Waals surface area (Å²) in [6, 6.07) is 21.8. The second-order valence-corrected chi connectivity index (χ2v) is 7.25. The van der Waals surface area contributed by atoms with Gasteiger partial charge in [-0.1, -0.05) is 58.4 Å². The average Bonchev–Trinajstić information content (AvgIpc) is 2.78. The number of hydrazine groups is 1. The van der Waals surface area contributed by atoms with E-state index in [1.54, 1.807) is 42.5 Å². The van der Waals surface area contributed by atoms with Gasteiger partial charge in [0.25, 0.3) is 11.8 Å². The number of rotatable bonds is 7. The third kappa shape index (κ3) is 5.61. The Labute approximate surface area is 183 Å². The van der Waals surface area contributed by atoms with Gasteiger partial charge >= 0.3 is 0 Å². The summed E-state index contributed by atoms with van der Waals surface area (Å²) in [5.74, 6) is -0.133. The van der Waals surface area contributed by atoms with Crippen molar-refractivity contribution in [3.63, 3.8) is 0 Å². The molecule has 0 saturated heterocycles. The van der Waals surface area contributed by atoms with Gasteiger partial charge in [0.2, 0.25) is 0 Å². The van der Waals surface area contributed by atoms with Crippen molar-refractivity contribution >= 4 is 27.7 Å². The van der Waals surface area contributed by atoms with Crippen molar-refractivity contribution < 1.29 is 19.1 Å². The maximum absolute atomic E-state index is 12.7. The van der Waals surface area contributed by atoms with Crippen molar-refractivity contribution in [2.75, 3.05) is 13.7 Å². The van der Waals surface area contributed by atoms with Gasteiger partial charge < -0.3 is 9.47 Å². The minimum Gasteiger partial charge on any atom is -0.496 e. The number of hydrogen-bond acceptors (Lipinski definition) is 4. The lowest BCUT2D eigenvalue weighted by atomic mass is 10.1. The largest absolute Gasteiger partial charge is 0.496 e. The fourth-order valence-corrected chi connectivity index (χ4v) is 3.17. The standard InChI is InChI=1S/C23H21BrN2O4/c1-29-20-10-6-5-9-18(20)22(27)25-26-23(28)19-15-17(24)11-12-21(19)30-14-13-16-7-3-2-4-8-16/h2-12,15H,13-14H2,1H3,(H,25,27)(H,26,28). The molecule has 0 unspecified atom stereocenters. The zero-order valence-corrected chi connectivity index (χ0v) is 17.9. The van der Waals surface area contributed by atoms with E-state index in [-0.39, 0.29) is 0 Å². The molecule has 0 fully saturated rings. The van der Waals surface area contributed by atoms with Gasteiger partial charge in [-0.25, -0.2) is 0 Å². The predicted molar refractivity (Wildman–Crippen MR) is 118 cm³/mol. The number of para-hydroxylation sites is 1. The van der Waals surface area contributed by atoms with E-state index in [0.29, 0.717) is 35.7 Å². The van der Waals surface area contributed by atoms with Crippen molar-refractivity contribution in [3.05, 3.63) is 94.0 Å². The van der Waals surface area contributed by atoms with Crippen LogP contribution in [-0.4, -0.2) is 25.5 Å². The smallest absolute Gasteiger partial charge is 0.273 e. The fraction of sp³-hybridized carbons (Fsp3) is 0.130. The normalized spacial score (nSPS) is 10.2. The van der Waals surface area contributed by atoms with Crippen LogP contribution >= 0.6 is 15.9 Å². The van der Waals surface area contributed by atoms with Crippen molar-refractivity contribution in [2.24, 2.45) is 0 Å². The zero-order valence-electron chi connectivity index (χ0n) is 16.4. The van der Waals surface area contributed by atoms with Gasteiger partial charge in [-0.15, -0.1) is 0 Å². The van der Waals surface area contributed by atoms with Crippen molar-refractivity contribution in [2.45, 2.75) is 6.42 Å². The summed E-state index contributed by atoms with van der Waals surface area (Å²) in [6.07, 6.45) is 0.711. The number of carbonyl (C=O) groups excluding carboxylic acids is 2. The van der Waals surface area contributed by atoms with Crippen LogP contribution in [0.25, 0.3) is 0 Å². The van der Waals surface area contributed by atoms with Crippen LogP contribution in [0, 0.1) is 0 Å². The molecular weight excluding hydrogens is 448 g/mol. The molecule has 6 nitrogen and oxygen atoms in total. The highest BCUT2D eigenvalue weighted by molar-refractivity contribution is 9.10. The lowest BCUT2D eigenvalue weighted by Gasteiger charge is -2.13. The number of hydrogen-bond donors (Lipinski definition) is 2. The molecule has 7 heteroatoms. The molecule has 0 saturated carbocycles. The van der Waals surface area contributed by atoms with Crippen LogP contribution < -0.4 is 20.3 Å².